The standard InChI is InChI=1S/C17H16N2OS2/c1-21-16-15-14(12-8-5-9-13(12)22-15)17(20)19(18-16)10-11-6-3-2-4-7-11/h2-4,6-7H,5,8-10H2,1H3. The number of thioether (sulfide) groups is 1. The maximum atomic E-state index is 12.9. The Morgan fingerprint density at radius 3 is 2.86 bits per heavy atom. The normalized spacial score (nSPS) is 13.7. The number of aryl methyl sites for hydroxylation is 2. The molecule has 0 amide bonds. The van der Waals surface area contributed by atoms with Crippen LogP contribution in [0.1, 0.15) is 22.4 Å². The number of nitrogens with zero attached hydrogens (tertiary/aromatic N) is 2. The Morgan fingerprint density at radius 2 is 2.09 bits per heavy atom. The summed E-state index contributed by atoms with van der Waals surface area (Å²) < 4.78 is 2.72. The highest BCUT2D eigenvalue weighted by molar-refractivity contribution is 7.98. The van der Waals surface area contributed by atoms with Crippen molar-refractivity contribution in [3.8, 4) is 0 Å². The summed E-state index contributed by atoms with van der Waals surface area (Å²) in [6, 6.07) is 10.1. The number of thiophene rings is 1. The van der Waals surface area contributed by atoms with Gasteiger partial charge in [-0.2, -0.15) is 5.10 Å². The molecule has 0 saturated heterocycles. The van der Waals surface area contributed by atoms with E-state index in [-0.39, 0.29) is 5.56 Å². The Balaban J connectivity index is 1.92. The topological polar surface area (TPSA) is 34.9 Å². The summed E-state index contributed by atoms with van der Waals surface area (Å²) in [4.78, 5) is 14.3. The molecule has 22 heavy (non-hydrogen) atoms. The van der Waals surface area contributed by atoms with Crippen molar-refractivity contribution in [2.24, 2.45) is 0 Å². The van der Waals surface area contributed by atoms with Gasteiger partial charge in [0.1, 0.15) is 5.03 Å². The molecule has 0 atom stereocenters. The van der Waals surface area contributed by atoms with Crippen molar-refractivity contribution >= 4 is 33.2 Å². The fourth-order valence-electron chi connectivity index (χ4n) is 3.11. The van der Waals surface area contributed by atoms with E-state index in [1.807, 2.05) is 36.6 Å². The van der Waals surface area contributed by atoms with Crippen molar-refractivity contribution in [1.82, 2.24) is 9.78 Å². The van der Waals surface area contributed by atoms with Crippen molar-refractivity contribution in [3.05, 3.63) is 56.7 Å². The number of fused-ring (bicyclic) bond motifs is 3. The van der Waals surface area contributed by atoms with Crippen LogP contribution < -0.4 is 5.56 Å². The highest BCUT2D eigenvalue weighted by Crippen LogP contribution is 2.38. The zero-order chi connectivity index (χ0) is 15.1. The van der Waals surface area contributed by atoms with Gasteiger partial charge in [0.15, 0.2) is 0 Å². The zero-order valence-corrected chi connectivity index (χ0v) is 14.0. The van der Waals surface area contributed by atoms with E-state index in [0.29, 0.717) is 6.54 Å². The van der Waals surface area contributed by atoms with E-state index in [1.165, 1.54) is 16.9 Å². The molecule has 4 rings (SSSR count). The highest BCUT2D eigenvalue weighted by Gasteiger charge is 2.23. The Morgan fingerprint density at radius 1 is 1.27 bits per heavy atom. The Labute approximate surface area is 137 Å². The van der Waals surface area contributed by atoms with Gasteiger partial charge < -0.3 is 0 Å². The molecule has 0 N–H and O–H groups in total. The van der Waals surface area contributed by atoms with Crippen molar-refractivity contribution < 1.29 is 0 Å². The minimum atomic E-state index is 0.0658. The molecule has 0 saturated carbocycles. The lowest BCUT2D eigenvalue weighted by molar-refractivity contribution is 0.621. The van der Waals surface area contributed by atoms with Crippen LogP contribution in [0.2, 0.25) is 0 Å². The van der Waals surface area contributed by atoms with Gasteiger partial charge in [-0.1, -0.05) is 30.3 Å². The van der Waals surface area contributed by atoms with E-state index in [9.17, 15) is 4.79 Å². The van der Waals surface area contributed by atoms with Crippen LogP contribution >= 0.6 is 23.1 Å². The summed E-state index contributed by atoms with van der Waals surface area (Å²) in [5, 5.41) is 6.51. The minimum Gasteiger partial charge on any atom is -0.267 e. The number of hydrogen-bond acceptors (Lipinski definition) is 4. The van der Waals surface area contributed by atoms with Crippen LogP contribution in [0.25, 0.3) is 10.1 Å². The van der Waals surface area contributed by atoms with E-state index in [1.54, 1.807) is 27.8 Å². The van der Waals surface area contributed by atoms with Gasteiger partial charge in [0, 0.05) is 4.88 Å². The summed E-state index contributed by atoms with van der Waals surface area (Å²) in [5.74, 6) is 0. The van der Waals surface area contributed by atoms with Gasteiger partial charge in [-0.15, -0.1) is 23.1 Å². The van der Waals surface area contributed by atoms with Gasteiger partial charge in [-0.3, -0.25) is 4.79 Å². The van der Waals surface area contributed by atoms with Crippen LogP contribution in [0.5, 0.6) is 0 Å². The van der Waals surface area contributed by atoms with Crippen LogP contribution in [-0.4, -0.2) is 16.0 Å². The van der Waals surface area contributed by atoms with E-state index in [0.717, 1.165) is 33.5 Å². The first-order chi connectivity index (χ1) is 10.8. The predicted molar refractivity (Wildman–Crippen MR) is 93.2 cm³/mol. The first-order valence-corrected chi connectivity index (χ1v) is 9.45. The third-order valence-electron chi connectivity index (χ3n) is 4.14. The zero-order valence-electron chi connectivity index (χ0n) is 12.3. The van der Waals surface area contributed by atoms with Crippen LogP contribution in [0.3, 0.4) is 0 Å². The summed E-state index contributed by atoms with van der Waals surface area (Å²) in [7, 11) is 0. The highest BCUT2D eigenvalue weighted by atomic mass is 32.2. The van der Waals surface area contributed by atoms with Crippen LogP contribution in [0.4, 0.5) is 0 Å². The summed E-state index contributed by atoms with van der Waals surface area (Å²) in [5.41, 5.74) is 2.45. The van der Waals surface area contributed by atoms with E-state index < -0.39 is 0 Å². The average molecular weight is 328 g/mol. The van der Waals surface area contributed by atoms with Crippen molar-refractivity contribution in [1.29, 1.82) is 0 Å². The molecular weight excluding hydrogens is 312 g/mol. The maximum absolute atomic E-state index is 12.9. The fourth-order valence-corrected chi connectivity index (χ4v) is 5.21. The van der Waals surface area contributed by atoms with Crippen LogP contribution in [0.15, 0.2) is 40.2 Å². The molecule has 0 unspecified atom stereocenters. The number of aromatic nitrogens is 2. The fraction of sp³-hybridized carbons (Fsp3) is 0.294. The van der Waals surface area contributed by atoms with Crippen molar-refractivity contribution in [2.75, 3.05) is 6.26 Å². The molecule has 0 bridgehead atoms. The Bertz CT molecular complexity index is 896. The molecule has 2 aromatic heterocycles. The molecular formula is C17H16N2OS2. The largest absolute Gasteiger partial charge is 0.276 e. The van der Waals surface area contributed by atoms with E-state index in [2.05, 4.69) is 5.10 Å². The lowest BCUT2D eigenvalue weighted by Gasteiger charge is -2.08. The lowest BCUT2D eigenvalue weighted by Crippen LogP contribution is -2.24. The maximum Gasteiger partial charge on any atom is 0.276 e. The number of hydrogen-bond donors (Lipinski definition) is 0. The quantitative estimate of drug-likeness (QED) is 0.687. The van der Waals surface area contributed by atoms with E-state index in [4.69, 9.17) is 0 Å². The SMILES string of the molecule is CSc1nn(Cc2ccccc2)c(=O)c2c3c(sc12)CCC3. The number of benzene rings is 1. The molecule has 5 heteroatoms. The van der Waals surface area contributed by atoms with E-state index >= 15 is 0 Å². The first-order valence-electron chi connectivity index (χ1n) is 7.41. The van der Waals surface area contributed by atoms with Crippen LogP contribution in [0, 0.1) is 0 Å². The van der Waals surface area contributed by atoms with Gasteiger partial charge in [0.05, 0.1) is 16.6 Å². The second-order valence-electron chi connectivity index (χ2n) is 5.52. The number of rotatable bonds is 3. The molecule has 3 nitrogen and oxygen atoms in total. The Kier molecular flexibility index (Phi) is 3.54. The summed E-state index contributed by atoms with van der Waals surface area (Å²) in [6.45, 7) is 0.536. The molecule has 112 valence electrons. The second kappa shape index (κ2) is 5.56. The van der Waals surface area contributed by atoms with Crippen molar-refractivity contribution in [3.63, 3.8) is 0 Å². The van der Waals surface area contributed by atoms with Crippen LogP contribution in [-0.2, 0) is 19.4 Å². The monoisotopic (exact) mass is 328 g/mol. The average Bonchev–Trinajstić information content (AvgIpc) is 3.12. The van der Waals surface area contributed by atoms with Gasteiger partial charge in [0.2, 0.25) is 0 Å². The minimum absolute atomic E-state index is 0.0658. The molecule has 1 aromatic carbocycles. The summed E-state index contributed by atoms with van der Waals surface area (Å²) in [6.07, 6.45) is 5.35. The molecule has 3 aromatic rings. The molecule has 0 aliphatic heterocycles. The van der Waals surface area contributed by atoms with Gasteiger partial charge in [0.25, 0.3) is 5.56 Å². The smallest absolute Gasteiger partial charge is 0.267 e. The molecule has 1 aliphatic carbocycles. The third kappa shape index (κ3) is 2.20. The predicted octanol–water partition coefficient (Wildman–Crippen LogP) is 3.72. The first kappa shape index (κ1) is 14.0. The lowest BCUT2D eigenvalue weighted by atomic mass is 10.2. The van der Waals surface area contributed by atoms with Crippen molar-refractivity contribution in [2.45, 2.75) is 30.8 Å². The molecule has 0 fully saturated rings. The molecule has 0 spiro atoms. The summed E-state index contributed by atoms with van der Waals surface area (Å²) >= 11 is 3.40. The third-order valence-corrected chi connectivity index (χ3v) is 6.24. The molecule has 2 heterocycles. The second-order valence-corrected chi connectivity index (χ2v) is 7.42. The van der Waals surface area contributed by atoms with Gasteiger partial charge >= 0.3 is 0 Å². The molecule has 1 aliphatic rings. The van der Waals surface area contributed by atoms with Gasteiger partial charge in [-0.25, -0.2) is 4.68 Å². The molecule has 0 radical (unpaired) electrons. The Hall–Kier alpha value is -1.59. The van der Waals surface area contributed by atoms with Gasteiger partial charge in [-0.05, 0) is 36.6 Å².